The molecule has 2 aromatic rings. The Balaban J connectivity index is 0.00000169. The second-order valence-corrected chi connectivity index (χ2v) is 6.82. The maximum atomic E-state index is 3.73. The molecule has 0 bridgehead atoms. The summed E-state index contributed by atoms with van der Waals surface area (Å²) >= 11 is 0. The van der Waals surface area contributed by atoms with E-state index in [0.717, 1.165) is 25.4 Å². The van der Waals surface area contributed by atoms with Crippen LogP contribution < -0.4 is 5.32 Å². The smallest absolute Gasteiger partial charge is 0.0146 e. The molecule has 4 rings (SSSR count). The number of benzene rings is 2. The number of rotatable bonds is 3. The highest BCUT2D eigenvalue weighted by Crippen LogP contribution is 2.33. The average molecular weight is 340 g/mol. The molecule has 0 spiro atoms. The molecule has 0 atom stereocenters. The Morgan fingerprint density at radius 3 is 1.96 bits per heavy atom. The normalized spacial score (nSPS) is 16.8. The van der Waals surface area contributed by atoms with Gasteiger partial charge >= 0.3 is 0 Å². The first kappa shape index (κ1) is 17.3. The summed E-state index contributed by atoms with van der Waals surface area (Å²) in [6.07, 6.45) is 10.2. The Hall–Kier alpha value is -1.57. The van der Waals surface area contributed by atoms with Crippen molar-refractivity contribution in [3.05, 3.63) is 76.9 Å². The van der Waals surface area contributed by atoms with Gasteiger partial charge < -0.3 is 5.32 Å². The van der Waals surface area contributed by atoms with Crippen LogP contribution in [0.3, 0.4) is 0 Å². The van der Waals surface area contributed by atoms with Gasteiger partial charge in [0.1, 0.15) is 0 Å². The van der Waals surface area contributed by atoms with Gasteiger partial charge in [0.05, 0.1) is 0 Å². The van der Waals surface area contributed by atoms with Crippen LogP contribution in [-0.2, 0) is 12.8 Å². The Morgan fingerprint density at radius 1 is 0.833 bits per heavy atom. The molecular weight excluding hydrogens is 314 g/mol. The maximum absolute atomic E-state index is 3.73. The zero-order chi connectivity index (χ0) is 15.5. The van der Waals surface area contributed by atoms with Crippen LogP contribution in [0.1, 0.15) is 47.9 Å². The van der Waals surface area contributed by atoms with Crippen molar-refractivity contribution in [3.63, 3.8) is 0 Å². The molecule has 2 aliphatic carbocycles. The standard InChI is InChI=1S/C22H25N.ClH/c1-5-11-20-17(7-1)13-14-18-8-2-6-12-21(18)22(20)15-16-23-19-9-3-4-10-19;/h1-2,5-8,11-12,15,19,23H,3-4,9-10,13-14,16H2;1H. The van der Waals surface area contributed by atoms with Crippen LogP contribution in [0, 0.1) is 0 Å². The second kappa shape index (κ2) is 8.00. The molecule has 1 N–H and O–H groups in total. The van der Waals surface area contributed by atoms with Crippen LogP contribution in [0.2, 0.25) is 0 Å². The third-order valence-electron chi connectivity index (χ3n) is 5.35. The van der Waals surface area contributed by atoms with E-state index in [4.69, 9.17) is 0 Å². The van der Waals surface area contributed by atoms with Gasteiger partial charge in [-0.2, -0.15) is 0 Å². The predicted octanol–water partition coefficient (Wildman–Crippen LogP) is 5.17. The van der Waals surface area contributed by atoms with E-state index in [9.17, 15) is 0 Å². The van der Waals surface area contributed by atoms with E-state index in [1.165, 1.54) is 53.5 Å². The van der Waals surface area contributed by atoms with E-state index in [2.05, 4.69) is 59.9 Å². The predicted molar refractivity (Wildman–Crippen MR) is 105 cm³/mol. The lowest BCUT2D eigenvalue weighted by Crippen LogP contribution is -2.26. The van der Waals surface area contributed by atoms with Crippen LogP contribution in [0.25, 0.3) is 5.57 Å². The molecule has 0 unspecified atom stereocenters. The molecule has 0 aromatic heterocycles. The van der Waals surface area contributed by atoms with Crippen molar-refractivity contribution in [1.82, 2.24) is 5.32 Å². The molecule has 2 heteroatoms. The van der Waals surface area contributed by atoms with Crippen molar-refractivity contribution in [2.45, 2.75) is 44.6 Å². The van der Waals surface area contributed by atoms with Gasteiger partial charge in [0, 0.05) is 12.6 Å². The Labute approximate surface area is 151 Å². The minimum atomic E-state index is 0. The number of fused-ring (bicyclic) bond motifs is 2. The van der Waals surface area contributed by atoms with Gasteiger partial charge in [-0.3, -0.25) is 0 Å². The first-order valence-electron chi connectivity index (χ1n) is 9.02. The van der Waals surface area contributed by atoms with Crippen LogP contribution in [0.5, 0.6) is 0 Å². The van der Waals surface area contributed by atoms with Gasteiger partial charge in [-0.15, -0.1) is 12.4 Å². The van der Waals surface area contributed by atoms with Gasteiger partial charge in [-0.1, -0.05) is 67.4 Å². The summed E-state index contributed by atoms with van der Waals surface area (Å²) < 4.78 is 0. The van der Waals surface area contributed by atoms with Crippen LogP contribution in [0.4, 0.5) is 0 Å². The first-order chi connectivity index (χ1) is 11.4. The summed E-state index contributed by atoms with van der Waals surface area (Å²) in [5.41, 5.74) is 7.22. The SMILES string of the molecule is C(CNC1CCCC1)=C1c2ccccc2CCc2ccccc21.Cl. The fourth-order valence-electron chi connectivity index (χ4n) is 4.09. The molecule has 2 aromatic carbocycles. The van der Waals surface area contributed by atoms with Gasteiger partial charge in [-0.05, 0) is 53.5 Å². The fourth-order valence-corrected chi connectivity index (χ4v) is 4.09. The molecule has 2 aliphatic rings. The molecule has 1 fully saturated rings. The van der Waals surface area contributed by atoms with E-state index >= 15 is 0 Å². The highest BCUT2D eigenvalue weighted by atomic mass is 35.5. The van der Waals surface area contributed by atoms with Gasteiger partial charge in [-0.25, -0.2) is 0 Å². The highest BCUT2D eigenvalue weighted by Gasteiger charge is 2.18. The lowest BCUT2D eigenvalue weighted by molar-refractivity contribution is 0.557. The Bertz CT molecular complexity index is 664. The summed E-state index contributed by atoms with van der Waals surface area (Å²) in [5.74, 6) is 0. The molecule has 1 nitrogen and oxygen atoms in total. The second-order valence-electron chi connectivity index (χ2n) is 6.82. The molecule has 0 heterocycles. The van der Waals surface area contributed by atoms with Crippen molar-refractivity contribution in [3.8, 4) is 0 Å². The summed E-state index contributed by atoms with van der Waals surface area (Å²) in [7, 11) is 0. The van der Waals surface area contributed by atoms with Crippen molar-refractivity contribution in [2.75, 3.05) is 6.54 Å². The van der Waals surface area contributed by atoms with Crippen molar-refractivity contribution >= 4 is 18.0 Å². The number of aryl methyl sites for hydroxylation is 2. The number of halogens is 1. The Morgan fingerprint density at radius 2 is 1.38 bits per heavy atom. The number of hydrogen-bond donors (Lipinski definition) is 1. The largest absolute Gasteiger partial charge is 0.310 e. The maximum Gasteiger partial charge on any atom is 0.0146 e. The van der Waals surface area contributed by atoms with Crippen LogP contribution in [0.15, 0.2) is 54.6 Å². The monoisotopic (exact) mass is 339 g/mol. The van der Waals surface area contributed by atoms with Crippen molar-refractivity contribution in [2.24, 2.45) is 0 Å². The molecule has 0 radical (unpaired) electrons. The zero-order valence-corrected chi connectivity index (χ0v) is 14.9. The topological polar surface area (TPSA) is 12.0 Å². The number of nitrogens with one attached hydrogen (secondary N) is 1. The first-order valence-corrected chi connectivity index (χ1v) is 9.02. The van der Waals surface area contributed by atoms with E-state index in [1.807, 2.05) is 0 Å². The third kappa shape index (κ3) is 3.58. The summed E-state index contributed by atoms with van der Waals surface area (Å²) in [6.45, 7) is 0.975. The molecule has 1 saturated carbocycles. The van der Waals surface area contributed by atoms with Crippen LogP contribution >= 0.6 is 12.4 Å². The molecule has 0 aliphatic heterocycles. The van der Waals surface area contributed by atoms with Crippen molar-refractivity contribution < 1.29 is 0 Å². The average Bonchev–Trinajstić information content (AvgIpc) is 3.06. The molecule has 24 heavy (non-hydrogen) atoms. The number of hydrogen-bond acceptors (Lipinski definition) is 1. The minimum Gasteiger partial charge on any atom is -0.310 e. The summed E-state index contributed by atoms with van der Waals surface area (Å²) in [6, 6.07) is 18.6. The van der Waals surface area contributed by atoms with Gasteiger partial charge in [0.25, 0.3) is 0 Å². The lowest BCUT2D eigenvalue weighted by atomic mass is 9.94. The zero-order valence-electron chi connectivity index (χ0n) is 14.1. The van der Waals surface area contributed by atoms with Crippen molar-refractivity contribution in [1.29, 1.82) is 0 Å². The lowest BCUT2D eigenvalue weighted by Gasteiger charge is -2.14. The van der Waals surface area contributed by atoms with Crippen LogP contribution in [-0.4, -0.2) is 12.6 Å². The van der Waals surface area contributed by atoms with E-state index in [0.29, 0.717) is 0 Å². The van der Waals surface area contributed by atoms with Gasteiger partial charge in [0.2, 0.25) is 0 Å². The third-order valence-corrected chi connectivity index (χ3v) is 5.35. The van der Waals surface area contributed by atoms with E-state index in [1.54, 1.807) is 0 Å². The molecule has 0 amide bonds. The minimum absolute atomic E-state index is 0. The summed E-state index contributed by atoms with van der Waals surface area (Å²) in [4.78, 5) is 0. The molecule has 126 valence electrons. The van der Waals surface area contributed by atoms with Gasteiger partial charge in [0.15, 0.2) is 0 Å². The molecule has 0 saturated heterocycles. The Kier molecular flexibility index (Phi) is 5.76. The highest BCUT2D eigenvalue weighted by molar-refractivity contribution is 5.85. The van der Waals surface area contributed by atoms with E-state index < -0.39 is 0 Å². The summed E-state index contributed by atoms with van der Waals surface area (Å²) in [5, 5.41) is 3.73. The quantitative estimate of drug-likeness (QED) is 0.813. The molecular formula is C22H26ClN. The van der Waals surface area contributed by atoms with E-state index in [-0.39, 0.29) is 12.4 Å². The fraction of sp³-hybridized carbons (Fsp3) is 0.364.